The summed E-state index contributed by atoms with van der Waals surface area (Å²) in [6.45, 7) is 4.14. The summed E-state index contributed by atoms with van der Waals surface area (Å²) in [6, 6.07) is 0.948. The lowest BCUT2D eigenvalue weighted by Crippen LogP contribution is -2.55. The molecular weight excluding hydrogens is 355 g/mol. The Hall–Kier alpha value is -2.14. The number of rotatable bonds is 6. The van der Waals surface area contributed by atoms with Gasteiger partial charge in [-0.3, -0.25) is 19.4 Å². The number of alkyl halides is 3. The minimum Gasteiger partial charge on any atom is -0.360 e. The number of hydrogen-bond acceptors (Lipinski definition) is 6. The van der Waals surface area contributed by atoms with Crippen molar-refractivity contribution in [2.45, 2.75) is 26.1 Å². The molecule has 2 amide bonds. The number of anilines is 1. The Morgan fingerprint density at radius 2 is 1.96 bits per heavy atom. The van der Waals surface area contributed by atoms with Crippen LogP contribution in [0.2, 0.25) is 0 Å². The number of nitrogens with one attached hydrogen (secondary N) is 2. The first kappa shape index (κ1) is 20.2. The van der Waals surface area contributed by atoms with Gasteiger partial charge in [-0.1, -0.05) is 5.16 Å². The lowest BCUT2D eigenvalue weighted by atomic mass is 10.2. The number of nitrogens with zero attached hydrogens (tertiary/aromatic N) is 3. The third kappa shape index (κ3) is 6.30. The SMILES string of the molecule is Cc1cc(NC(=O)CN2CCN(C(C)C(=O)NCC(F)(F)F)CC2)no1. The molecule has 26 heavy (non-hydrogen) atoms. The van der Waals surface area contributed by atoms with Gasteiger partial charge in [-0.25, -0.2) is 0 Å². The van der Waals surface area contributed by atoms with Gasteiger partial charge >= 0.3 is 6.18 Å². The summed E-state index contributed by atoms with van der Waals surface area (Å²) >= 11 is 0. The van der Waals surface area contributed by atoms with E-state index in [1.54, 1.807) is 24.8 Å². The molecule has 0 aromatic carbocycles. The Labute approximate surface area is 148 Å². The Bertz CT molecular complexity index is 626. The minimum atomic E-state index is -4.43. The molecule has 2 rings (SSSR count). The zero-order valence-corrected chi connectivity index (χ0v) is 14.6. The van der Waals surface area contributed by atoms with E-state index >= 15 is 0 Å². The zero-order chi connectivity index (χ0) is 19.3. The van der Waals surface area contributed by atoms with Crippen molar-refractivity contribution < 1.29 is 27.3 Å². The van der Waals surface area contributed by atoms with Crippen LogP contribution in [0.5, 0.6) is 0 Å². The van der Waals surface area contributed by atoms with Crippen molar-refractivity contribution in [3.05, 3.63) is 11.8 Å². The van der Waals surface area contributed by atoms with E-state index in [2.05, 4.69) is 10.5 Å². The first-order chi connectivity index (χ1) is 12.1. The number of carbonyl (C=O) groups is 2. The molecular formula is C15H22F3N5O3. The van der Waals surface area contributed by atoms with Gasteiger partial charge in [-0.15, -0.1) is 0 Å². The summed E-state index contributed by atoms with van der Waals surface area (Å²) < 4.78 is 41.4. The molecule has 1 saturated heterocycles. The first-order valence-electron chi connectivity index (χ1n) is 8.18. The minimum absolute atomic E-state index is 0.161. The lowest BCUT2D eigenvalue weighted by molar-refractivity contribution is -0.141. The van der Waals surface area contributed by atoms with Gasteiger partial charge in [0.2, 0.25) is 11.8 Å². The van der Waals surface area contributed by atoms with Crippen LogP contribution in [0.15, 0.2) is 10.6 Å². The van der Waals surface area contributed by atoms with Crippen LogP contribution in [-0.2, 0) is 9.59 Å². The quantitative estimate of drug-likeness (QED) is 0.755. The Balaban J connectivity index is 1.72. The molecule has 0 spiro atoms. The topological polar surface area (TPSA) is 90.7 Å². The highest BCUT2D eigenvalue weighted by Gasteiger charge is 2.31. The molecule has 0 aliphatic carbocycles. The third-order valence-corrected chi connectivity index (χ3v) is 4.06. The molecule has 11 heteroatoms. The molecule has 0 radical (unpaired) electrons. The van der Waals surface area contributed by atoms with Crippen LogP contribution in [0.3, 0.4) is 0 Å². The van der Waals surface area contributed by atoms with Crippen molar-refractivity contribution in [1.82, 2.24) is 20.3 Å². The van der Waals surface area contributed by atoms with Crippen LogP contribution < -0.4 is 10.6 Å². The number of hydrogen-bond donors (Lipinski definition) is 2. The molecule has 0 saturated carbocycles. The fourth-order valence-electron chi connectivity index (χ4n) is 2.62. The molecule has 1 aliphatic rings. The van der Waals surface area contributed by atoms with Crippen LogP contribution in [-0.4, -0.2) is 78.3 Å². The normalized spacial score (nSPS) is 17.7. The second kappa shape index (κ2) is 8.49. The first-order valence-corrected chi connectivity index (χ1v) is 8.18. The van der Waals surface area contributed by atoms with Crippen molar-refractivity contribution in [3.63, 3.8) is 0 Å². The highest BCUT2D eigenvalue weighted by molar-refractivity contribution is 5.91. The van der Waals surface area contributed by atoms with E-state index in [1.807, 2.05) is 10.2 Å². The maximum Gasteiger partial charge on any atom is 0.405 e. The summed E-state index contributed by atoms with van der Waals surface area (Å²) in [6.07, 6.45) is -4.43. The maximum atomic E-state index is 12.2. The van der Waals surface area contributed by atoms with E-state index < -0.39 is 24.7 Å². The molecule has 1 atom stereocenters. The molecule has 2 heterocycles. The smallest absolute Gasteiger partial charge is 0.360 e. The van der Waals surface area contributed by atoms with Crippen molar-refractivity contribution >= 4 is 17.6 Å². The molecule has 1 aliphatic heterocycles. The van der Waals surface area contributed by atoms with Gasteiger partial charge in [0.15, 0.2) is 5.82 Å². The van der Waals surface area contributed by atoms with Gasteiger partial charge in [0.05, 0.1) is 12.6 Å². The second-order valence-electron chi connectivity index (χ2n) is 6.19. The number of carbonyl (C=O) groups excluding carboxylic acids is 2. The predicted molar refractivity (Wildman–Crippen MR) is 86.4 cm³/mol. The summed E-state index contributed by atoms with van der Waals surface area (Å²) in [7, 11) is 0. The Morgan fingerprint density at radius 3 is 2.50 bits per heavy atom. The van der Waals surface area contributed by atoms with Crippen LogP contribution in [0.1, 0.15) is 12.7 Å². The number of piperazine rings is 1. The number of aromatic nitrogens is 1. The number of aryl methyl sites for hydroxylation is 1. The fraction of sp³-hybridized carbons (Fsp3) is 0.667. The van der Waals surface area contributed by atoms with E-state index in [1.165, 1.54) is 0 Å². The zero-order valence-electron chi connectivity index (χ0n) is 14.6. The van der Waals surface area contributed by atoms with E-state index in [-0.39, 0.29) is 12.5 Å². The van der Waals surface area contributed by atoms with Gasteiger partial charge in [0, 0.05) is 32.2 Å². The molecule has 0 bridgehead atoms. The Morgan fingerprint density at radius 1 is 1.31 bits per heavy atom. The van der Waals surface area contributed by atoms with E-state index in [4.69, 9.17) is 4.52 Å². The number of amides is 2. The molecule has 1 fully saturated rings. The molecule has 1 unspecified atom stereocenters. The molecule has 146 valence electrons. The van der Waals surface area contributed by atoms with Crippen LogP contribution >= 0.6 is 0 Å². The summed E-state index contributed by atoms with van der Waals surface area (Å²) in [5.74, 6) is 0.0467. The largest absolute Gasteiger partial charge is 0.405 e. The van der Waals surface area contributed by atoms with E-state index in [0.717, 1.165) is 0 Å². The van der Waals surface area contributed by atoms with Crippen LogP contribution in [0.4, 0.5) is 19.0 Å². The monoisotopic (exact) mass is 377 g/mol. The average molecular weight is 377 g/mol. The van der Waals surface area contributed by atoms with Crippen molar-refractivity contribution in [2.24, 2.45) is 0 Å². The standard InChI is InChI=1S/C15H22F3N5O3/c1-10-7-12(21-26-10)20-13(24)8-22-3-5-23(6-4-22)11(2)14(25)19-9-15(16,17)18/h7,11H,3-6,8-9H2,1-2H3,(H,19,25)(H,20,21,24). The van der Waals surface area contributed by atoms with E-state index in [0.29, 0.717) is 37.8 Å². The summed E-state index contributed by atoms with van der Waals surface area (Å²) in [5, 5.41) is 8.20. The molecule has 2 N–H and O–H groups in total. The third-order valence-electron chi connectivity index (χ3n) is 4.06. The molecule has 8 nitrogen and oxygen atoms in total. The number of halogens is 3. The molecule has 1 aromatic rings. The van der Waals surface area contributed by atoms with Crippen molar-refractivity contribution in [2.75, 3.05) is 44.6 Å². The fourth-order valence-corrected chi connectivity index (χ4v) is 2.62. The van der Waals surface area contributed by atoms with Gasteiger partial charge in [0.25, 0.3) is 0 Å². The summed E-state index contributed by atoms with van der Waals surface area (Å²) in [5.41, 5.74) is 0. The van der Waals surface area contributed by atoms with Crippen LogP contribution in [0, 0.1) is 6.92 Å². The Kier molecular flexibility index (Phi) is 6.59. The highest BCUT2D eigenvalue weighted by atomic mass is 19.4. The average Bonchev–Trinajstić information content (AvgIpc) is 2.96. The van der Waals surface area contributed by atoms with E-state index in [9.17, 15) is 22.8 Å². The predicted octanol–water partition coefficient (Wildman–Crippen LogP) is 0.606. The molecule has 1 aromatic heterocycles. The second-order valence-corrected chi connectivity index (χ2v) is 6.19. The highest BCUT2D eigenvalue weighted by Crippen LogP contribution is 2.13. The van der Waals surface area contributed by atoms with Crippen molar-refractivity contribution in [1.29, 1.82) is 0 Å². The van der Waals surface area contributed by atoms with Gasteiger partial charge in [-0.2, -0.15) is 13.2 Å². The summed E-state index contributed by atoms with van der Waals surface area (Å²) in [4.78, 5) is 27.5. The lowest BCUT2D eigenvalue weighted by Gasteiger charge is -2.37. The van der Waals surface area contributed by atoms with Gasteiger partial charge in [0.1, 0.15) is 12.3 Å². The maximum absolute atomic E-state index is 12.2. The van der Waals surface area contributed by atoms with Gasteiger partial charge < -0.3 is 15.2 Å². The van der Waals surface area contributed by atoms with Crippen LogP contribution in [0.25, 0.3) is 0 Å². The van der Waals surface area contributed by atoms with Crippen molar-refractivity contribution in [3.8, 4) is 0 Å². The van der Waals surface area contributed by atoms with Gasteiger partial charge in [-0.05, 0) is 13.8 Å².